The second kappa shape index (κ2) is 30.8. The Balaban J connectivity index is -0.000000139. The van der Waals surface area contributed by atoms with E-state index in [-0.39, 0.29) is 5.54 Å². The van der Waals surface area contributed by atoms with Gasteiger partial charge in [-0.2, -0.15) is 0 Å². The predicted octanol–water partition coefficient (Wildman–Crippen LogP) is 9.13. The van der Waals surface area contributed by atoms with Gasteiger partial charge in [0.05, 0.1) is 0 Å². The van der Waals surface area contributed by atoms with Gasteiger partial charge in [-0.1, -0.05) is 83.1 Å². The van der Waals surface area contributed by atoms with Crippen LogP contribution in [0.4, 0.5) is 0 Å². The Morgan fingerprint density at radius 3 is 0.905 bits per heavy atom. The Morgan fingerprint density at radius 2 is 0.833 bits per heavy atom. The van der Waals surface area contributed by atoms with Crippen molar-refractivity contribution < 1.29 is 0 Å². The van der Waals surface area contributed by atoms with Gasteiger partial charge in [0.2, 0.25) is 0 Å². The third-order valence-corrected chi connectivity index (χ3v) is 6.16. The quantitative estimate of drug-likeness (QED) is 0.219. The summed E-state index contributed by atoms with van der Waals surface area (Å²) in [6.45, 7) is 52.5. The first-order chi connectivity index (χ1) is 18.8. The minimum Gasteiger partial charge on any atom is -0.314 e. The Kier molecular flexibility index (Phi) is 37.7. The van der Waals surface area contributed by atoms with Crippen molar-refractivity contribution in [2.45, 2.75) is 181 Å². The van der Waals surface area contributed by atoms with Crippen LogP contribution in [-0.2, 0) is 0 Å². The molecule has 0 saturated heterocycles. The number of hydrogen-bond donors (Lipinski definition) is 2. The van der Waals surface area contributed by atoms with Gasteiger partial charge in [0, 0.05) is 48.8 Å². The molecule has 0 heterocycles. The summed E-state index contributed by atoms with van der Waals surface area (Å²) in [5.74, 6) is 2.34. The third-order valence-electron chi connectivity index (χ3n) is 6.16. The van der Waals surface area contributed by atoms with E-state index in [0.29, 0.717) is 30.2 Å². The Morgan fingerprint density at radius 1 is 0.500 bits per heavy atom. The zero-order valence-corrected chi connectivity index (χ0v) is 34.0. The molecule has 0 aliphatic heterocycles. The average molecular weight is 604 g/mol. The molecule has 0 spiro atoms. The van der Waals surface area contributed by atoms with Gasteiger partial charge in [-0.05, 0) is 114 Å². The molecule has 262 valence electrons. The van der Waals surface area contributed by atoms with Gasteiger partial charge in [-0.15, -0.1) is 0 Å². The van der Waals surface area contributed by atoms with E-state index < -0.39 is 0 Å². The van der Waals surface area contributed by atoms with Gasteiger partial charge < -0.3 is 25.3 Å². The molecule has 0 rings (SSSR count). The topological polar surface area (TPSA) is 33.8 Å². The van der Waals surface area contributed by atoms with Crippen molar-refractivity contribution >= 4 is 0 Å². The van der Waals surface area contributed by atoms with Crippen molar-refractivity contribution in [3.8, 4) is 0 Å². The second-order valence-corrected chi connectivity index (χ2v) is 15.7. The third kappa shape index (κ3) is 52.4. The fraction of sp³-hybridized carbons (Fsp3) is 1.00. The molecule has 0 aromatic rings. The molecule has 42 heavy (non-hydrogen) atoms. The number of nitrogens with one attached hydrogen (secondary N) is 2. The molecule has 0 bridgehead atoms. The van der Waals surface area contributed by atoms with Crippen LogP contribution in [0.25, 0.3) is 0 Å². The van der Waals surface area contributed by atoms with Crippen molar-refractivity contribution in [2.75, 3.05) is 46.8 Å². The standard InChI is InChI=1S/C11H25N.3C7H17N.C5H13N/c1-9(2)7-12(11(5)6)8-10(3)4;1-6(2)8-7(3,4)5;1-6(2)5-8-7(3)4;1-5-8(6-2)7(3)4;1-5(2)6(3)4/h9-11H,7-8H2,1-6H3;6,8H,1-5H3;6-8H,5H2,1-4H3;7H,5-6H2,1-4H3;5H,1-4H3. The van der Waals surface area contributed by atoms with Crippen molar-refractivity contribution in [3.63, 3.8) is 0 Å². The SMILES string of the molecule is CC(C)CN(CC(C)C)C(C)C.CC(C)CNC(C)C.CC(C)N(C)C.CC(C)NC(C)(C)C.CCN(CC)C(C)C. The van der Waals surface area contributed by atoms with Crippen LogP contribution >= 0.6 is 0 Å². The largest absolute Gasteiger partial charge is 0.314 e. The average Bonchev–Trinajstić information content (AvgIpc) is 2.77. The fourth-order valence-electron chi connectivity index (χ4n) is 3.73. The van der Waals surface area contributed by atoms with Crippen molar-refractivity contribution in [3.05, 3.63) is 0 Å². The maximum Gasteiger partial charge on any atom is 0.00988 e. The number of rotatable bonds is 13. The molecule has 2 N–H and O–H groups in total. The van der Waals surface area contributed by atoms with E-state index in [1.165, 1.54) is 26.2 Å². The number of hydrogen-bond acceptors (Lipinski definition) is 5. The van der Waals surface area contributed by atoms with E-state index in [1.54, 1.807) is 0 Å². The van der Waals surface area contributed by atoms with E-state index in [9.17, 15) is 0 Å². The van der Waals surface area contributed by atoms with Crippen LogP contribution in [-0.4, -0.2) is 97.3 Å². The summed E-state index contributed by atoms with van der Waals surface area (Å²) in [5.41, 5.74) is 0.272. The highest BCUT2D eigenvalue weighted by Gasteiger charge is 2.12. The van der Waals surface area contributed by atoms with Crippen molar-refractivity contribution in [1.29, 1.82) is 0 Å². The summed E-state index contributed by atoms with van der Waals surface area (Å²) in [4.78, 5) is 7.15. The molecular weight excluding hydrogens is 514 g/mol. The lowest BCUT2D eigenvalue weighted by Gasteiger charge is -2.29. The molecule has 0 radical (unpaired) electrons. The van der Waals surface area contributed by atoms with E-state index in [2.05, 4.69) is 185 Å². The van der Waals surface area contributed by atoms with Gasteiger partial charge >= 0.3 is 0 Å². The molecule has 0 atom stereocenters. The minimum atomic E-state index is 0.272. The van der Waals surface area contributed by atoms with Crippen molar-refractivity contribution in [1.82, 2.24) is 25.3 Å². The van der Waals surface area contributed by atoms with Crippen LogP contribution in [0.3, 0.4) is 0 Å². The molecule has 0 amide bonds. The van der Waals surface area contributed by atoms with Crippen LogP contribution in [0, 0.1) is 17.8 Å². The summed E-state index contributed by atoms with van der Waals surface area (Å²) >= 11 is 0. The van der Waals surface area contributed by atoms with Gasteiger partial charge in [0.1, 0.15) is 0 Å². The summed E-state index contributed by atoms with van der Waals surface area (Å²) in [7, 11) is 4.15. The molecule has 0 aromatic heterocycles. The maximum absolute atomic E-state index is 3.38. The molecular formula is C37H89N5. The summed E-state index contributed by atoms with van der Waals surface area (Å²) in [5, 5.41) is 6.73. The summed E-state index contributed by atoms with van der Waals surface area (Å²) in [6, 6.07) is 3.32. The molecule has 0 saturated carbocycles. The van der Waals surface area contributed by atoms with Crippen molar-refractivity contribution in [2.24, 2.45) is 17.8 Å². The van der Waals surface area contributed by atoms with Gasteiger partial charge in [0.15, 0.2) is 0 Å². The highest BCUT2D eigenvalue weighted by molar-refractivity contribution is 4.72. The minimum absolute atomic E-state index is 0.272. The van der Waals surface area contributed by atoms with E-state index >= 15 is 0 Å². The lowest BCUT2D eigenvalue weighted by atomic mass is 10.1. The van der Waals surface area contributed by atoms with Crippen LogP contribution in [0.15, 0.2) is 0 Å². The summed E-state index contributed by atoms with van der Waals surface area (Å²) < 4.78 is 0. The summed E-state index contributed by atoms with van der Waals surface area (Å²) in [6.07, 6.45) is 0. The first kappa shape index (κ1) is 51.4. The Hall–Kier alpha value is -0.200. The van der Waals surface area contributed by atoms with Crippen LogP contribution in [0.1, 0.15) is 145 Å². The monoisotopic (exact) mass is 604 g/mol. The maximum atomic E-state index is 3.38. The number of nitrogens with zero attached hydrogens (tertiary/aromatic N) is 3. The second-order valence-electron chi connectivity index (χ2n) is 15.7. The van der Waals surface area contributed by atoms with Gasteiger partial charge in [-0.25, -0.2) is 0 Å². The lowest BCUT2D eigenvalue weighted by molar-refractivity contribution is 0.177. The van der Waals surface area contributed by atoms with Gasteiger partial charge in [0.25, 0.3) is 0 Å². The first-order valence-electron chi connectivity index (χ1n) is 17.5. The Bertz CT molecular complexity index is 475. The zero-order chi connectivity index (χ0) is 34.8. The van der Waals surface area contributed by atoms with Crippen LogP contribution in [0.2, 0.25) is 0 Å². The Labute approximate surface area is 270 Å². The lowest BCUT2D eigenvalue weighted by Crippen LogP contribution is -2.40. The van der Waals surface area contributed by atoms with E-state index in [0.717, 1.165) is 24.3 Å². The highest BCUT2D eigenvalue weighted by Crippen LogP contribution is 2.07. The molecule has 5 heteroatoms. The molecule has 0 aliphatic rings. The highest BCUT2D eigenvalue weighted by atomic mass is 15.1. The van der Waals surface area contributed by atoms with E-state index in [4.69, 9.17) is 0 Å². The predicted molar refractivity (Wildman–Crippen MR) is 199 cm³/mol. The fourth-order valence-corrected chi connectivity index (χ4v) is 3.73. The van der Waals surface area contributed by atoms with Crippen LogP contribution < -0.4 is 10.6 Å². The van der Waals surface area contributed by atoms with Gasteiger partial charge in [-0.3, -0.25) is 0 Å². The molecule has 5 nitrogen and oxygen atoms in total. The smallest absolute Gasteiger partial charge is 0.00988 e. The first-order valence-corrected chi connectivity index (χ1v) is 17.5. The van der Waals surface area contributed by atoms with Crippen LogP contribution in [0.5, 0.6) is 0 Å². The molecule has 0 aliphatic carbocycles. The molecule has 0 unspecified atom stereocenters. The normalized spacial score (nSPS) is 11.9. The molecule has 0 fully saturated rings. The zero-order valence-electron chi connectivity index (χ0n) is 34.0. The molecule has 0 aromatic carbocycles. The van der Waals surface area contributed by atoms with E-state index in [1.807, 2.05) is 0 Å².